The van der Waals surface area contributed by atoms with Gasteiger partial charge in [-0.1, -0.05) is 6.07 Å². The first-order valence-corrected chi connectivity index (χ1v) is 7.92. The van der Waals surface area contributed by atoms with E-state index in [-0.39, 0.29) is 0 Å². The van der Waals surface area contributed by atoms with Gasteiger partial charge in [-0.25, -0.2) is 4.98 Å². The van der Waals surface area contributed by atoms with Gasteiger partial charge < -0.3 is 8.98 Å². The predicted molar refractivity (Wildman–Crippen MR) is 88.6 cm³/mol. The van der Waals surface area contributed by atoms with Crippen LogP contribution in [0.4, 0.5) is 0 Å². The molecule has 3 aromatic heterocycles. The molecule has 0 amide bonds. The van der Waals surface area contributed by atoms with E-state index in [1.807, 2.05) is 50.2 Å². The smallest absolute Gasteiger partial charge is 0.118 e. The fourth-order valence-corrected chi connectivity index (χ4v) is 2.65. The predicted octanol–water partition coefficient (Wildman–Crippen LogP) is 3.27. The minimum absolute atomic E-state index is 0.812. The van der Waals surface area contributed by atoms with Crippen LogP contribution in [0.3, 0.4) is 0 Å². The van der Waals surface area contributed by atoms with E-state index in [1.165, 1.54) is 5.56 Å². The number of rotatable bonds is 8. The normalized spacial score (nSPS) is 11.2. The van der Waals surface area contributed by atoms with E-state index in [2.05, 4.69) is 31.6 Å². The van der Waals surface area contributed by atoms with Crippen molar-refractivity contribution in [2.24, 2.45) is 0 Å². The highest BCUT2D eigenvalue weighted by Gasteiger charge is 2.10. The Bertz CT molecular complexity index is 691. The zero-order chi connectivity index (χ0) is 15.9. The molecular weight excluding hydrogens is 288 g/mol. The molecule has 3 heterocycles. The fourth-order valence-electron chi connectivity index (χ4n) is 2.65. The monoisotopic (exact) mass is 310 g/mol. The molecule has 120 valence electrons. The Morgan fingerprint density at radius 3 is 2.78 bits per heavy atom. The van der Waals surface area contributed by atoms with Gasteiger partial charge in [0.2, 0.25) is 0 Å². The van der Waals surface area contributed by atoms with Crippen molar-refractivity contribution in [2.45, 2.75) is 33.0 Å². The van der Waals surface area contributed by atoms with E-state index in [1.54, 1.807) is 0 Å². The molecule has 0 bridgehead atoms. The van der Waals surface area contributed by atoms with Crippen LogP contribution in [0.15, 0.2) is 59.8 Å². The van der Waals surface area contributed by atoms with Crippen LogP contribution in [0.1, 0.15) is 23.5 Å². The molecule has 5 heteroatoms. The second-order valence-electron chi connectivity index (χ2n) is 5.74. The van der Waals surface area contributed by atoms with Crippen LogP contribution in [0.2, 0.25) is 0 Å². The van der Waals surface area contributed by atoms with Gasteiger partial charge in [-0.05, 0) is 37.1 Å². The SMILES string of the molecule is Cc1ccc(CN(CCCn2ccnc2)Cc2cccnc2)o1. The summed E-state index contributed by atoms with van der Waals surface area (Å²) in [5.74, 6) is 1.97. The first-order valence-electron chi connectivity index (χ1n) is 7.92. The average Bonchev–Trinajstić information content (AvgIpc) is 3.20. The number of aryl methyl sites for hydroxylation is 2. The standard InChI is InChI=1S/C18H22N4O/c1-16-5-6-18(23-16)14-22(13-17-4-2-7-19-12-17)10-3-9-21-11-8-20-15-21/h2,4-8,11-12,15H,3,9-10,13-14H2,1H3. The van der Waals surface area contributed by atoms with E-state index < -0.39 is 0 Å². The van der Waals surface area contributed by atoms with E-state index in [0.29, 0.717) is 0 Å². The summed E-state index contributed by atoms with van der Waals surface area (Å²) in [6.07, 6.45) is 10.5. The number of furan rings is 1. The van der Waals surface area contributed by atoms with Crippen LogP contribution < -0.4 is 0 Å². The van der Waals surface area contributed by atoms with Gasteiger partial charge in [0, 0.05) is 44.4 Å². The summed E-state index contributed by atoms with van der Waals surface area (Å²) >= 11 is 0. The van der Waals surface area contributed by atoms with E-state index in [4.69, 9.17) is 4.42 Å². The molecule has 0 unspecified atom stereocenters. The highest BCUT2D eigenvalue weighted by Crippen LogP contribution is 2.13. The third-order valence-corrected chi connectivity index (χ3v) is 3.75. The number of pyridine rings is 1. The highest BCUT2D eigenvalue weighted by atomic mass is 16.3. The second-order valence-corrected chi connectivity index (χ2v) is 5.74. The molecule has 0 aliphatic heterocycles. The molecule has 0 aromatic carbocycles. The van der Waals surface area contributed by atoms with Crippen molar-refractivity contribution in [3.8, 4) is 0 Å². The third-order valence-electron chi connectivity index (χ3n) is 3.75. The van der Waals surface area contributed by atoms with Crippen LogP contribution in [0.5, 0.6) is 0 Å². The van der Waals surface area contributed by atoms with Gasteiger partial charge in [0.25, 0.3) is 0 Å². The molecular formula is C18H22N4O. The molecule has 0 saturated heterocycles. The minimum atomic E-state index is 0.812. The van der Waals surface area contributed by atoms with Crippen molar-refractivity contribution >= 4 is 0 Å². The summed E-state index contributed by atoms with van der Waals surface area (Å²) in [5, 5.41) is 0. The minimum Gasteiger partial charge on any atom is -0.465 e. The van der Waals surface area contributed by atoms with E-state index in [0.717, 1.165) is 44.1 Å². The summed E-state index contributed by atoms with van der Waals surface area (Å²) in [7, 11) is 0. The average molecular weight is 310 g/mol. The molecule has 0 N–H and O–H groups in total. The molecule has 0 saturated carbocycles. The Kier molecular flexibility index (Phi) is 5.21. The lowest BCUT2D eigenvalue weighted by Gasteiger charge is -2.21. The molecule has 0 aliphatic carbocycles. The molecule has 3 rings (SSSR count). The maximum Gasteiger partial charge on any atom is 0.118 e. The van der Waals surface area contributed by atoms with Gasteiger partial charge in [-0.15, -0.1) is 0 Å². The van der Waals surface area contributed by atoms with Crippen LogP contribution >= 0.6 is 0 Å². The Hall–Kier alpha value is -2.40. The summed E-state index contributed by atoms with van der Waals surface area (Å²) in [6, 6.07) is 8.17. The maximum atomic E-state index is 5.73. The highest BCUT2D eigenvalue weighted by molar-refractivity contribution is 5.09. The summed E-state index contributed by atoms with van der Waals surface area (Å²) in [5.41, 5.74) is 1.22. The lowest BCUT2D eigenvalue weighted by molar-refractivity contribution is 0.227. The quantitative estimate of drug-likeness (QED) is 0.640. The first-order chi connectivity index (χ1) is 11.3. The topological polar surface area (TPSA) is 47.1 Å². The fraction of sp³-hybridized carbons (Fsp3) is 0.333. The molecule has 0 fully saturated rings. The molecule has 0 aliphatic rings. The summed E-state index contributed by atoms with van der Waals surface area (Å²) in [6.45, 7) is 5.63. The summed E-state index contributed by atoms with van der Waals surface area (Å²) in [4.78, 5) is 10.7. The molecule has 5 nitrogen and oxygen atoms in total. The van der Waals surface area contributed by atoms with Gasteiger partial charge >= 0.3 is 0 Å². The van der Waals surface area contributed by atoms with Gasteiger partial charge in [-0.2, -0.15) is 0 Å². The number of nitrogens with zero attached hydrogens (tertiary/aromatic N) is 4. The Morgan fingerprint density at radius 1 is 1.13 bits per heavy atom. The number of imidazole rings is 1. The molecule has 3 aromatic rings. The van der Waals surface area contributed by atoms with Crippen molar-refractivity contribution in [1.29, 1.82) is 0 Å². The van der Waals surface area contributed by atoms with Crippen molar-refractivity contribution in [1.82, 2.24) is 19.4 Å². The molecule has 23 heavy (non-hydrogen) atoms. The molecule has 0 spiro atoms. The van der Waals surface area contributed by atoms with Gasteiger partial charge in [-0.3, -0.25) is 9.88 Å². The lowest BCUT2D eigenvalue weighted by atomic mass is 10.2. The zero-order valence-corrected chi connectivity index (χ0v) is 13.4. The zero-order valence-electron chi connectivity index (χ0n) is 13.4. The van der Waals surface area contributed by atoms with Gasteiger partial charge in [0.15, 0.2) is 0 Å². The Morgan fingerprint density at radius 2 is 2.09 bits per heavy atom. The van der Waals surface area contributed by atoms with Crippen molar-refractivity contribution in [3.63, 3.8) is 0 Å². The second kappa shape index (κ2) is 7.74. The van der Waals surface area contributed by atoms with Crippen molar-refractivity contribution < 1.29 is 4.42 Å². The van der Waals surface area contributed by atoms with Gasteiger partial charge in [0.1, 0.15) is 11.5 Å². The van der Waals surface area contributed by atoms with Crippen molar-refractivity contribution in [2.75, 3.05) is 6.54 Å². The Labute approximate surface area is 136 Å². The lowest BCUT2D eigenvalue weighted by Crippen LogP contribution is -2.24. The molecule has 0 atom stereocenters. The summed E-state index contributed by atoms with van der Waals surface area (Å²) < 4.78 is 7.84. The van der Waals surface area contributed by atoms with Gasteiger partial charge in [0.05, 0.1) is 12.9 Å². The van der Waals surface area contributed by atoms with Crippen LogP contribution in [-0.2, 0) is 19.6 Å². The van der Waals surface area contributed by atoms with E-state index in [9.17, 15) is 0 Å². The number of aromatic nitrogens is 3. The first kappa shape index (κ1) is 15.5. The number of hydrogen-bond donors (Lipinski definition) is 0. The Balaban J connectivity index is 1.60. The van der Waals surface area contributed by atoms with Crippen LogP contribution in [0, 0.1) is 6.92 Å². The largest absolute Gasteiger partial charge is 0.465 e. The van der Waals surface area contributed by atoms with Crippen molar-refractivity contribution in [3.05, 3.63) is 72.5 Å². The third kappa shape index (κ3) is 4.79. The molecule has 0 radical (unpaired) electrons. The maximum absolute atomic E-state index is 5.73. The number of hydrogen-bond acceptors (Lipinski definition) is 4. The van der Waals surface area contributed by atoms with Crippen LogP contribution in [-0.4, -0.2) is 26.0 Å². The van der Waals surface area contributed by atoms with Crippen LogP contribution in [0.25, 0.3) is 0 Å². The van der Waals surface area contributed by atoms with E-state index >= 15 is 0 Å².